The Hall–Kier alpha value is -2.92. The average molecular weight is 407 g/mol. The minimum atomic E-state index is -0.684. The van der Waals surface area contributed by atoms with Crippen LogP contribution in [0.1, 0.15) is 44.0 Å². The van der Waals surface area contributed by atoms with Crippen LogP contribution >= 0.6 is 0 Å². The summed E-state index contributed by atoms with van der Waals surface area (Å²) in [6.07, 6.45) is 3.07. The van der Waals surface area contributed by atoms with E-state index in [4.69, 9.17) is 4.74 Å². The third-order valence-corrected chi connectivity index (χ3v) is 5.50. The van der Waals surface area contributed by atoms with Gasteiger partial charge in [-0.1, -0.05) is 23.8 Å². The molecule has 0 aliphatic carbocycles. The Morgan fingerprint density at radius 2 is 1.93 bits per heavy atom. The second-order valence-corrected chi connectivity index (χ2v) is 8.23. The zero-order chi connectivity index (χ0) is 21.4. The van der Waals surface area contributed by atoms with Gasteiger partial charge in [-0.05, 0) is 62.8 Å². The fraction of sp³-hybridized carbons (Fsp3) is 0.320. The summed E-state index contributed by atoms with van der Waals surface area (Å²) in [7, 11) is 0. The van der Waals surface area contributed by atoms with E-state index < -0.39 is 12.2 Å². The molecule has 2 heterocycles. The van der Waals surface area contributed by atoms with E-state index in [-0.39, 0.29) is 24.2 Å². The van der Waals surface area contributed by atoms with Gasteiger partial charge < -0.3 is 14.4 Å². The van der Waals surface area contributed by atoms with E-state index in [0.29, 0.717) is 6.42 Å². The number of esters is 1. The lowest BCUT2D eigenvalue weighted by molar-refractivity contribution is -0.156. The van der Waals surface area contributed by atoms with Crippen molar-refractivity contribution in [3.63, 3.8) is 0 Å². The molecule has 1 saturated heterocycles. The number of aliphatic hydroxyl groups excluding tert-OH is 1. The lowest BCUT2D eigenvalue weighted by Crippen LogP contribution is -2.31. The molecular weight excluding hydrogens is 381 g/mol. The molecular formula is C25H26FNO3. The predicted molar refractivity (Wildman–Crippen MR) is 117 cm³/mol. The van der Waals surface area contributed by atoms with Gasteiger partial charge in [-0.3, -0.25) is 4.79 Å². The normalized spacial score (nSPS) is 19.7. The van der Waals surface area contributed by atoms with E-state index in [0.717, 1.165) is 33.3 Å². The Kier molecular flexibility index (Phi) is 5.48. The van der Waals surface area contributed by atoms with Crippen LogP contribution in [0, 0.1) is 12.7 Å². The summed E-state index contributed by atoms with van der Waals surface area (Å²) in [6, 6.07) is 13.0. The Labute approximate surface area is 175 Å². The number of halogens is 1. The predicted octanol–water partition coefficient (Wildman–Crippen LogP) is 5.42. The molecule has 0 radical (unpaired) electrons. The summed E-state index contributed by atoms with van der Waals surface area (Å²) < 4.78 is 21.2. The molecule has 1 N–H and O–H groups in total. The summed E-state index contributed by atoms with van der Waals surface area (Å²) in [6.45, 7) is 6.30. The number of cyclic esters (lactones) is 1. The second-order valence-electron chi connectivity index (χ2n) is 8.23. The molecule has 4 rings (SSSR count). The van der Waals surface area contributed by atoms with E-state index >= 15 is 0 Å². The number of nitrogens with zero attached hydrogens (tertiary/aromatic N) is 1. The van der Waals surface area contributed by atoms with E-state index in [2.05, 4.69) is 43.5 Å². The van der Waals surface area contributed by atoms with Crippen LogP contribution in [-0.4, -0.2) is 27.9 Å². The van der Waals surface area contributed by atoms with Crippen molar-refractivity contribution < 1.29 is 19.0 Å². The van der Waals surface area contributed by atoms with E-state index in [9.17, 15) is 14.3 Å². The lowest BCUT2D eigenvalue weighted by atomic mass is 9.99. The first-order valence-electron chi connectivity index (χ1n) is 10.3. The van der Waals surface area contributed by atoms with Gasteiger partial charge in [0.15, 0.2) is 0 Å². The molecule has 1 fully saturated rings. The number of aryl methyl sites for hydroxylation is 1. The minimum absolute atomic E-state index is 0.0384. The van der Waals surface area contributed by atoms with Gasteiger partial charge in [0.2, 0.25) is 0 Å². The molecule has 3 aromatic rings. The van der Waals surface area contributed by atoms with Crippen molar-refractivity contribution in [2.24, 2.45) is 0 Å². The van der Waals surface area contributed by atoms with E-state index in [1.165, 1.54) is 12.1 Å². The number of rotatable bonds is 4. The summed E-state index contributed by atoms with van der Waals surface area (Å²) in [5, 5.41) is 11.0. The monoisotopic (exact) mass is 407 g/mol. The van der Waals surface area contributed by atoms with Crippen LogP contribution in [-0.2, 0) is 9.53 Å². The molecule has 2 unspecified atom stereocenters. The molecule has 2 atom stereocenters. The zero-order valence-electron chi connectivity index (χ0n) is 17.4. The highest BCUT2D eigenvalue weighted by molar-refractivity contribution is 6.01. The molecule has 156 valence electrons. The van der Waals surface area contributed by atoms with Crippen molar-refractivity contribution in [2.45, 2.75) is 51.9 Å². The Morgan fingerprint density at radius 3 is 2.60 bits per heavy atom. The van der Waals surface area contributed by atoms with Crippen LogP contribution in [0.4, 0.5) is 4.39 Å². The number of fused-ring (bicyclic) bond motifs is 1. The fourth-order valence-corrected chi connectivity index (χ4v) is 4.21. The zero-order valence-corrected chi connectivity index (χ0v) is 17.4. The van der Waals surface area contributed by atoms with Crippen LogP contribution < -0.4 is 0 Å². The van der Waals surface area contributed by atoms with Crippen LogP contribution in [0.2, 0.25) is 0 Å². The number of carbonyl (C=O) groups excluding carboxylic acids is 1. The van der Waals surface area contributed by atoms with E-state index in [1.807, 2.05) is 12.2 Å². The lowest BCUT2D eigenvalue weighted by Gasteiger charge is -2.23. The Morgan fingerprint density at radius 1 is 1.20 bits per heavy atom. The molecule has 0 bridgehead atoms. The highest BCUT2D eigenvalue weighted by Gasteiger charge is 2.26. The molecule has 0 saturated carbocycles. The number of carbonyl (C=O) groups is 1. The maximum Gasteiger partial charge on any atom is 0.309 e. The van der Waals surface area contributed by atoms with Crippen molar-refractivity contribution in [2.75, 3.05) is 0 Å². The third-order valence-electron chi connectivity index (χ3n) is 5.50. The molecule has 2 aromatic carbocycles. The Balaban J connectivity index is 1.91. The number of aromatic nitrogens is 1. The molecule has 30 heavy (non-hydrogen) atoms. The summed E-state index contributed by atoms with van der Waals surface area (Å²) >= 11 is 0. The third kappa shape index (κ3) is 3.90. The highest BCUT2D eigenvalue weighted by Crippen LogP contribution is 2.38. The summed E-state index contributed by atoms with van der Waals surface area (Å²) in [5.41, 5.74) is 5.14. The second kappa shape index (κ2) is 8.07. The van der Waals surface area contributed by atoms with Gasteiger partial charge >= 0.3 is 5.97 Å². The van der Waals surface area contributed by atoms with Crippen LogP contribution in [0.25, 0.3) is 28.1 Å². The van der Waals surface area contributed by atoms with Crippen LogP contribution in [0.15, 0.2) is 48.5 Å². The molecule has 1 aliphatic rings. The minimum Gasteiger partial charge on any atom is -0.458 e. The van der Waals surface area contributed by atoms with Crippen molar-refractivity contribution >= 4 is 22.9 Å². The molecule has 1 aromatic heterocycles. The van der Waals surface area contributed by atoms with Gasteiger partial charge in [0.1, 0.15) is 11.9 Å². The highest BCUT2D eigenvalue weighted by atomic mass is 19.1. The Bertz CT molecular complexity index is 1110. The van der Waals surface area contributed by atoms with Gasteiger partial charge in [-0.2, -0.15) is 0 Å². The maximum absolute atomic E-state index is 13.6. The van der Waals surface area contributed by atoms with Crippen molar-refractivity contribution in [1.29, 1.82) is 0 Å². The number of hydrogen-bond donors (Lipinski definition) is 1. The van der Waals surface area contributed by atoms with Crippen LogP contribution in [0.3, 0.4) is 0 Å². The van der Waals surface area contributed by atoms with Gasteiger partial charge in [0.05, 0.1) is 12.5 Å². The number of aliphatic hydroxyl groups is 1. The average Bonchev–Trinajstić information content (AvgIpc) is 3.00. The smallest absolute Gasteiger partial charge is 0.309 e. The van der Waals surface area contributed by atoms with Gasteiger partial charge in [0, 0.05) is 34.6 Å². The molecule has 4 nitrogen and oxygen atoms in total. The first-order chi connectivity index (χ1) is 14.3. The summed E-state index contributed by atoms with van der Waals surface area (Å²) in [5.74, 6) is -0.662. The number of benzene rings is 2. The quantitative estimate of drug-likeness (QED) is 0.588. The first kappa shape index (κ1) is 20.4. The van der Waals surface area contributed by atoms with Crippen molar-refractivity contribution in [1.82, 2.24) is 4.57 Å². The largest absolute Gasteiger partial charge is 0.458 e. The van der Waals surface area contributed by atoms with Gasteiger partial charge in [-0.15, -0.1) is 0 Å². The molecule has 5 heteroatoms. The SMILES string of the molecule is Cc1ccc2c(c1)c(-c1ccc(F)cc1)c(/C=C/C1CC(O)CC(=O)O1)n2C(C)C. The molecule has 1 aliphatic heterocycles. The number of hydrogen-bond acceptors (Lipinski definition) is 3. The van der Waals surface area contributed by atoms with Crippen LogP contribution in [0.5, 0.6) is 0 Å². The molecule has 0 amide bonds. The van der Waals surface area contributed by atoms with Gasteiger partial charge in [0.25, 0.3) is 0 Å². The number of ether oxygens (including phenoxy) is 1. The van der Waals surface area contributed by atoms with E-state index in [1.54, 1.807) is 12.1 Å². The topological polar surface area (TPSA) is 51.5 Å². The van der Waals surface area contributed by atoms with Crippen molar-refractivity contribution in [3.8, 4) is 11.1 Å². The summed E-state index contributed by atoms with van der Waals surface area (Å²) in [4.78, 5) is 11.7. The molecule has 0 spiro atoms. The standard InChI is InChI=1S/C25H26FNO3/c1-15(2)27-22-10-4-16(3)12-21(22)25(17-5-7-18(26)8-6-17)23(27)11-9-20-13-19(28)14-24(29)30-20/h4-12,15,19-20,28H,13-14H2,1-3H3/b11-9+. The van der Waals surface area contributed by atoms with Gasteiger partial charge in [-0.25, -0.2) is 4.39 Å². The van der Waals surface area contributed by atoms with Crippen molar-refractivity contribution in [3.05, 3.63) is 65.6 Å². The maximum atomic E-state index is 13.6. The fourth-order valence-electron chi connectivity index (χ4n) is 4.21. The first-order valence-corrected chi connectivity index (χ1v) is 10.3.